The van der Waals surface area contributed by atoms with Crippen LogP contribution in [-0.4, -0.2) is 20.5 Å². The van der Waals surface area contributed by atoms with Gasteiger partial charge in [-0.3, -0.25) is 0 Å². The van der Waals surface area contributed by atoms with E-state index in [1.54, 1.807) is 6.07 Å². The number of halogens is 2. The first-order valence-corrected chi connectivity index (χ1v) is 9.31. The van der Waals surface area contributed by atoms with Gasteiger partial charge in [0.25, 0.3) is 0 Å². The zero-order valence-corrected chi connectivity index (χ0v) is 14.4. The topological polar surface area (TPSA) is 58.2 Å². The van der Waals surface area contributed by atoms with E-state index >= 15 is 0 Å². The second-order valence-corrected chi connectivity index (χ2v) is 7.96. The Morgan fingerprint density at radius 3 is 2.52 bits per heavy atom. The Balaban J connectivity index is 2.26. The van der Waals surface area contributed by atoms with Gasteiger partial charge in [0.1, 0.15) is 4.90 Å². The van der Waals surface area contributed by atoms with Crippen LogP contribution in [0.25, 0.3) is 0 Å². The molecule has 1 unspecified atom stereocenters. The zero-order valence-electron chi connectivity index (χ0n) is 12.1. The summed E-state index contributed by atoms with van der Waals surface area (Å²) in [6.07, 6.45) is 3.03. The van der Waals surface area contributed by atoms with Crippen molar-refractivity contribution < 1.29 is 8.42 Å². The van der Waals surface area contributed by atoms with E-state index in [4.69, 9.17) is 23.2 Å². The predicted octanol–water partition coefficient (Wildman–Crippen LogP) is 3.32. The van der Waals surface area contributed by atoms with Crippen molar-refractivity contribution in [2.24, 2.45) is 0 Å². The molecule has 0 saturated heterocycles. The number of rotatable bonds is 7. The summed E-state index contributed by atoms with van der Waals surface area (Å²) in [7, 11) is -3.63. The molecule has 118 valence electrons. The molecule has 7 heteroatoms. The summed E-state index contributed by atoms with van der Waals surface area (Å²) < 4.78 is 27.4. The van der Waals surface area contributed by atoms with E-state index < -0.39 is 10.0 Å². The summed E-state index contributed by atoms with van der Waals surface area (Å²) in [6.45, 7) is 4.28. The molecule has 1 atom stereocenters. The summed E-state index contributed by atoms with van der Waals surface area (Å²) in [6, 6.07) is 3.44. The van der Waals surface area contributed by atoms with E-state index in [0.29, 0.717) is 24.0 Å². The third-order valence-corrected chi connectivity index (χ3v) is 5.92. The Labute approximate surface area is 136 Å². The second-order valence-electron chi connectivity index (χ2n) is 5.46. The normalized spacial score (nSPS) is 17.0. The third kappa shape index (κ3) is 4.57. The van der Waals surface area contributed by atoms with Crippen molar-refractivity contribution in [3.05, 3.63) is 27.7 Å². The van der Waals surface area contributed by atoms with E-state index in [9.17, 15) is 8.42 Å². The Morgan fingerprint density at radius 1 is 1.29 bits per heavy atom. The number of hydrogen-bond acceptors (Lipinski definition) is 3. The molecule has 1 aliphatic carbocycles. The molecule has 1 saturated carbocycles. The molecule has 0 amide bonds. The van der Waals surface area contributed by atoms with Crippen molar-refractivity contribution in [3.8, 4) is 0 Å². The molecule has 4 nitrogen and oxygen atoms in total. The lowest BCUT2D eigenvalue weighted by Crippen LogP contribution is -2.32. The summed E-state index contributed by atoms with van der Waals surface area (Å²) >= 11 is 12.2. The molecule has 0 aliphatic heterocycles. The number of nitrogens with one attached hydrogen (secondary N) is 2. The maximum atomic E-state index is 12.4. The van der Waals surface area contributed by atoms with Crippen LogP contribution in [0.1, 0.15) is 38.7 Å². The van der Waals surface area contributed by atoms with Crippen LogP contribution >= 0.6 is 23.2 Å². The van der Waals surface area contributed by atoms with Gasteiger partial charge in [-0.2, -0.15) is 0 Å². The van der Waals surface area contributed by atoms with Crippen molar-refractivity contribution >= 4 is 33.2 Å². The van der Waals surface area contributed by atoms with Crippen LogP contribution in [0.2, 0.25) is 10.0 Å². The van der Waals surface area contributed by atoms with Crippen LogP contribution in [-0.2, 0) is 16.6 Å². The van der Waals surface area contributed by atoms with Crippen LogP contribution in [0.3, 0.4) is 0 Å². The van der Waals surface area contributed by atoms with Gasteiger partial charge in [0.15, 0.2) is 0 Å². The van der Waals surface area contributed by atoms with Crippen LogP contribution in [0.5, 0.6) is 0 Å². The molecule has 21 heavy (non-hydrogen) atoms. The highest BCUT2D eigenvalue weighted by molar-refractivity contribution is 7.89. The average molecular weight is 351 g/mol. The molecule has 1 fully saturated rings. The molecule has 2 N–H and O–H groups in total. The Bertz CT molecular complexity index is 616. The Hall–Kier alpha value is -0.330. The average Bonchev–Trinajstić information content (AvgIpc) is 3.20. The van der Waals surface area contributed by atoms with Crippen molar-refractivity contribution in [2.45, 2.75) is 56.6 Å². The minimum Gasteiger partial charge on any atom is -0.310 e. The minimum absolute atomic E-state index is 0.0847. The zero-order chi connectivity index (χ0) is 15.6. The standard InChI is InChI=1S/C14H20Cl2N2O2S/c1-3-9(2)18-21(19,20)14-6-10(8-17-11-4-5-11)12(15)7-13(14)16/h6-7,9,11,17-18H,3-5,8H2,1-2H3. The van der Waals surface area contributed by atoms with Gasteiger partial charge < -0.3 is 5.32 Å². The SMILES string of the molecule is CCC(C)NS(=O)(=O)c1cc(CNC2CC2)c(Cl)cc1Cl. The molecule has 0 spiro atoms. The van der Waals surface area contributed by atoms with E-state index in [1.807, 2.05) is 13.8 Å². The second kappa shape index (κ2) is 6.84. The first kappa shape index (κ1) is 17.0. The number of hydrogen-bond donors (Lipinski definition) is 2. The largest absolute Gasteiger partial charge is 0.310 e. The predicted molar refractivity (Wildman–Crippen MR) is 86.4 cm³/mol. The van der Waals surface area contributed by atoms with Gasteiger partial charge in [0.2, 0.25) is 10.0 Å². The molecule has 1 aliphatic rings. The molecule has 1 aromatic rings. The van der Waals surface area contributed by atoms with Gasteiger partial charge in [0.05, 0.1) is 5.02 Å². The molecule has 1 aromatic carbocycles. The molecule has 2 rings (SSSR count). The lowest BCUT2D eigenvalue weighted by molar-refractivity contribution is 0.555. The molecule has 0 heterocycles. The fraction of sp³-hybridized carbons (Fsp3) is 0.571. The first-order valence-electron chi connectivity index (χ1n) is 7.07. The summed E-state index contributed by atoms with van der Waals surface area (Å²) in [5.41, 5.74) is 0.748. The van der Waals surface area contributed by atoms with Crippen molar-refractivity contribution in [2.75, 3.05) is 0 Å². The van der Waals surface area contributed by atoms with Gasteiger partial charge in [0, 0.05) is 23.7 Å². The Kier molecular flexibility index (Phi) is 5.54. The fourth-order valence-electron chi connectivity index (χ4n) is 1.87. The number of sulfonamides is 1. The minimum atomic E-state index is -3.63. The molecule has 0 aromatic heterocycles. The summed E-state index contributed by atoms with van der Waals surface area (Å²) in [5.74, 6) is 0. The monoisotopic (exact) mass is 350 g/mol. The summed E-state index contributed by atoms with van der Waals surface area (Å²) in [4.78, 5) is 0.0847. The maximum Gasteiger partial charge on any atom is 0.242 e. The van der Waals surface area contributed by atoms with E-state index in [0.717, 1.165) is 18.4 Å². The van der Waals surface area contributed by atoms with Gasteiger partial charge in [-0.05, 0) is 43.9 Å². The first-order chi connectivity index (χ1) is 9.83. The van der Waals surface area contributed by atoms with Crippen molar-refractivity contribution in [1.29, 1.82) is 0 Å². The lowest BCUT2D eigenvalue weighted by atomic mass is 10.2. The molecular weight excluding hydrogens is 331 g/mol. The Morgan fingerprint density at radius 2 is 1.95 bits per heavy atom. The van der Waals surface area contributed by atoms with Gasteiger partial charge in [-0.1, -0.05) is 30.1 Å². The molecule has 0 radical (unpaired) electrons. The summed E-state index contributed by atoms with van der Waals surface area (Å²) in [5, 5.41) is 3.95. The lowest BCUT2D eigenvalue weighted by Gasteiger charge is -2.15. The van der Waals surface area contributed by atoms with Gasteiger partial charge >= 0.3 is 0 Å². The van der Waals surface area contributed by atoms with Crippen LogP contribution in [0.4, 0.5) is 0 Å². The fourth-order valence-corrected chi connectivity index (χ4v) is 4.06. The van der Waals surface area contributed by atoms with Crippen molar-refractivity contribution in [1.82, 2.24) is 10.0 Å². The van der Waals surface area contributed by atoms with Crippen LogP contribution in [0, 0.1) is 0 Å². The van der Waals surface area contributed by atoms with Gasteiger partial charge in [-0.15, -0.1) is 0 Å². The van der Waals surface area contributed by atoms with Crippen molar-refractivity contribution in [3.63, 3.8) is 0 Å². The quantitative estimate of drug-likeness (QED) is 0.792. The van der Waals surface area contributed by atoms with Crippen LogP contribution in [0.15, 0.2) is 17.0 Å². The third-order valence-electron chi connectivity index (χ3n) is 3.52. The van der Waals surface area contributed by atoms with E-state index in [-0.39, 0.29) is 16.0 Å². The van der Waals surface area contributed by atoms with E-state index in [1.165, 1.54) is 6.07 Å². The highest BCUT2D eigenvalue weighted by Gasteiger charge is 2.23. The molecular formula is C14H20Cl2N2O2S. The van der Waals surface area contributed by atoms with E-state index in [2.05, 4.69) is 10.0 Å². The molecule has 0 bridgehead atoms. The highest BCUT2D eigenvalue weighted by atomic mass is 35.5. The maximum absolute atomic E-state index is 12.4. The highest BCUT2D eigenvalue weighted by Crippen LogP contribution is 2.29. The van der Waals surface area contributed by atoms with Gasteiger partial charge in [-0.25, -0.2) is 13.1 Å². The van der Waals surface area contributed by atoms with Crippen LogP contribution < -0.4 is 10.0 Å². The smallest absolute Gasteiger partial charge is 0.242 e. The number of benzene rings is 1.